The minimum Gasteiger partial charge on any atom is -0.505 e. The molecule has 0 bridgehead atoms. The third-order valence-electron chi connectivity index (χ3n) is 2.81. The van der Waals surface area contributed by atoms with Gasteiger partial charge in [-0.1, -0.05) is 19.2 Å². The Morgan fingerprint density at radius 1 is 1.42 bits per heavy atom. The van der Waals surface area contributed by atoms with Gasteiger partial charge >= 0.3 is 0 Å². The fraction of sp³-hybridized carbons (Fsp3) is 0. The lowest BCUT2D eigenvalue weighted by Gasteiger charge is -2.14. The Labute approximate surface area is 141 Å². The van der Waals surface area contributed by atoms with E-state index in [1.54, 1.807) is 0 Å². The highest BCUT2D eigenvalue weighted by atomic mass is 32.2. The molecule has 0 spiro atoms. The number of hydrogen-bond donors (Lipinski definition) is 4. The van der Waals surface area contributed by atoms with Crippen LogP contribution in [0.25, 0.3) is 6.08 Å². The van der Waals surface area contributed by atoms with Gasteiger partial charge in [-0.05, 0) is 17.7 Å². The van der Waals surface area contributed by atoms with Crippen LogP contribution in [0.4, 0.5) is 5.69 Å². The molecule has 4 N–H and O–H groups in total. The number of nitrogens with zero attached hydrogens (tertiary/aromatic N) is 3. The average molecular weight is 343 g/mol. The van der Waals surface area contributed by atoms with Crippen molar-refractivity contribution in [3.63, 3.8) is 0 Å². The maximum Gasteiger partial charge on any atom is 0.296 e. The molecule has 0 heterocycles. The van der Waals surface area contributed by atoms with Crippen molar-refractivity contribution < 1.29 is 18.1 Å². The second kappa shape index (κ2) is 7.70. The first kappa shape index (κ1) is 19.3. The molecule has 0 aliphatic rings. The molecule has 4 radical (unpaired) electrons. The summed E-state index contributed by atoms with van der Waals surface area (Å²) in [6.45, 7) is 6.93. The highest BCUT2D eigenvalue weighted by molar-refractivity contribution is 7.86. The monoisotopic (exact) mass is 343 g/mol. The summed E-state index contributed by atoms with van der Waals surface area (Å²) < 4.78 is 32.2. The highest BCUT2D eigenvalue weighted by Crippen LogP contribution is 2.40. The van der Waals surface area contributed by atoms with Gasteiger partial charge in [-0.15, -0.1) is 0 Å². The van der Waals surface area contributed by atoms with E-state index >= 15 is 0 Å². The molecule has 12 heteroatoms. The Kier molecular flexibility index (Phi) is 6.20. The maximum atomic E-state index is 11.5. The van der Waals surface area contributed by atoms with Gasteiger partial charge in [0.05, 0.1) is 11.3 Å². The predicted molar refractivity (Wildman–Crippen MR) is 91.6 cm³/mol. The van der Waals surface area contributed by atoms with Crippen molar-refractivity contribution >= 4 is 49.3 Å². The zero-order valence-corrected chi connectivity index (χ0v) is 13.1. The van der Waals surface area contributed by atoms with E-state index in [4.69, 9.17) is 21.4 Å². The second-order valence-corrected chi connectivity index (χ2v) is 5.53. The summed E-state index contributed by atoms with van der Waals surface area (Å²) in [5.74, 6) is -0.772. The third kappa shape index (κ3) is 3.78. The lowest BCUT2D eigenvalue weighted by Crippen LogP contribution is -2.17. The summed E-state index contributed by atoms with van der Waals surface area (Å²) in [6.07, 6.45) is 2.34. The number of aromatic hydroxyl groups is 1. The summed E-state index contributed by atoms with van der Waals surface area (Å²) in [5.41, 5.74) is -1.26. The van der Waals surface area contributed by atoms with E-state index in [0.29, 0.717) is 0 Å². The molecule has 0 aromatic heterocycles. The summed E-state index contributed by atoms with van der Waals surface area (Å²) >= 11 is 0. The van der Waals surface area contributed by atoms with Crippen LogP contribution in [0.3, 0.4) is 0 Å². The molecular formula is C12H11B2N5O4S. The molecule has 0 atom stereocenters. The number of nitrogens with one attached hydrogen (secondary N) is 2. The van der Waals surface area contributed by atoms with Gasteiger partial charge in [-0.2, -0.15) is 18.6 Å². The van der Waals surface area contributed by atoms with E-state index in [1.807, 2.05) is 5.34 Å². The highest BCUT2D eigenvalue weighted by Gasteiger charge is 2.26. The molecule has 0 aliphatic carbocycles. The first-order valence-corrected chi connectivity index (χ1v) is 7.52. The Hall–Kier alpha value is -2.72. The van der Waals surface area contributed by atoms with E-state index in [2.05, 4.69) is 28.4 Å². The van der Waals surface area contributed by atoms with E-state index < -0.39 is 26.5 Å². The number of phenols is 1. The van der Waals surface area contributed by atoms with Gasteiger partial charge < -0.3 is 10.4 Å². The van der Waals surface area contributed by atoms with Crippen molar-refractivity contribution in [2.24, 2.45) is 15.2 Å². The second-order valence-electron chi connectivity index (χ2n) is 4.14. The first-order chi connectivity index (χ1) is 11.2. The minimum atomic E-state index is -4.76. The van der Waals surface area contributed by atoms with Gasteiger partial charge in [0.15, 0.2) is 5.75 Å². The molecule has 0 aliphatic heterocycles. The fourth-order valence-corrected chi connectivity index (χ4v) is 2.49. The molecule has 0 saturated carbocycles. The Morgan fingerprint density at radius 3 is 2.46 bits per heavy atom. The van der Waals surface area contributed by atoms with E-state index in [9.17, 15) is 18.1 Å². The summed E-state index contributed by atoms with van der Waals surface area (Å²) in [4.78, 5) is -0.755. The maximum absolute atomic E-state index is 11.5. The lowest BCUT2D eigenvalue weighted by atomic mass is 9.97. The van der Waals surface area contributed by atoms with Crippen molar-refractivity contribution in [2.45, 2.75) is 4.90 Å². The molecule has 1 aromatic carbocycles. The molecule has 1 rings (SSSR count). The number of phenolic OH excluding ortho intramolecular Hbond substituents is 1. The molecular weight excluding hydrogens is 332 g/mol. The number of rotatable bonds is 7. The Bertz CT molecular complexity index is 865. The van der Waals surface area contributed by atoms with Gasteiger partial charge in [0.2, 0.25) is 0 Å². The molecule has 1 aromatic rings. The van der Waals surface area contributed by atoms with Crippen LogP contribution in [-0.2, 0) is 10.1 Å². The van der Waals surface area contributed by atoms with Crippen molar-refractivity contribution in [3.8, 4) is 5.75 Å². The number of hydrogen-bond acceptors (Lipinski definition) is 8. The number of benzene rings is 1. The third-order valence-corrected chi connectivity index (χ3v) is 3.68. The smallest absolute Gasteiger partial charge is 0.296 e. The fourth-order valence-electron chi connectivity index (χ4n) is 1.83. The van der Waals surface area contributed by atoms with Crippen LogP contribution in [0.2, 0.25) is 0 Å². The van der Waals surface area contributed by atoms with Crippen molar-refractivity contribution in [3.05, 3.63) is 36.4 Å². The van der Waals surface area contributed by atoms with Crippen molar-refractivity contribution in [1.82, 2.24) is 5.34 Å². The van der Waals surface area contributed by atoms with Crippen LogP contribution >= 0.6 is 0 Å². The molecule has 0 fully saturated rings. The standard InChI is InChI=1S/C12H11B2N5O4S/c1-3-6-5-8(24(21,22)23)11(17-19-14)12(20)9(6)10(15)7(4-2)16-18-13/h3-5,15,18,20H,1-2H2,(H,21,22,23). The SMILES string of the molecule is [B]N=Nc1c(S(=O)(=O)O)cc(C=C)c(C(=N)C(C=C)=NN[B])c1O. The molecule has 24 heavy (non-hydrogen) atoms. The molecule has 0 unspecified atom stereocenters. The van der Waals surface area contributed by atoms with Crippen LogP contribution in [0.5, 0.6) is 5.75 Å². The first-order valence-electron chi connectivity index (χ1n) is 6.08. The quantitative estimate of drug-likeness (QED) is 0.192. The van der Waals surface area contributed by atoms with Gasteiger partial charge in [0.1, 0.15) is 16.3 Å². The molecule has 0 saturated heterocycles. The molecule has 0 amide bonds. The van der Waals surface area contributed by atoms with Crippen LogP contribution in [0, 0.1) is 5.41 Å². The summed E-state index contributed by atoms with van der Waals surface area (Å²) in [7, 11) is 5.20. The molecule has 120 valence electrons. The predicted octanol–water partition coefficient (Wildman–Crippen LogP) is 1.03. The summed E-state index contributed by atoms with van der Waals surface area (Å²) in [6, 6.07) is 0.951. The van der Waals surface area contributed by atoms with Crippen LogP contribution in [0.15, 0.2) is 45.4 Å². The van der Waals surface area contributed by atoms with Crippen molar-refractivity contribution in [2.75, 3.05) is 0 Å². The van der Waals surface area contributed by atoms with E-state index in [1.165, 1.54) is 6.08 Å². The minimum absolute atomic E-state index is 0.00710. The normalized spacial score (nSPS) is 12.1. The summed E-state index contributed by atoms with van der Waals surface area (Å²) in [5, 5.41) is 30.2. The van der Waals surface area contributed by atoms with Gasteiger partial charge in [0, 0.05) is 0 Å². The van der Waals surface area contributed by atoms with Crippen LogP contribution in [-0.4, -0.2) is 45.5 Å². The molecule has 9 nitrogen and oxygen atoms in total. The van der Waals surface area contributed by atoms with Crippen LogP contribution < -0.4 is 5.34 Å². The van der Waals surface area contributed by atoms with Crippen molar-refractivity contribution in [1.29, 1.82) is 5.41 Å². The van der Waals surface area contributed by atoms with Gasteiger partial charge in [0.25, 0.3) is 26.1 Å². The van der Waals surface area contributed by atoms with E-state index in [0.717, 1.165) is 12.1 Å². The zero-order chi connectivity index (χ0) is 18.5. The van der Waals surface area contributed by atoms with Gasteiger partial charge in [-0.3, -0.25) is 15.0 Å². The number of allylic oxidation sites excluding steroid dienone is 1. The Morgan fingerprint density at radius 2 is 2.04 bits per heavy atom. The largest absolute Gasteiger partial charge is 0.505 e. The average Bonchev–Trinajstić information content (AvgIpc) is 2.52. The number of hydrazone groups is 1. The van der Waals surface area contributed by atoms with Crippen LogP contribution in [0.1, 0.15) is 11.1 Å². The zero-order valence-electron chi connectivity index (χ0n) is 12.3. The lowest BCUT2D eigenvalue weighted by molar-refractivity contribution is 0.466. The topological polar surface area (TPSA) is 148 Å². The van der Waals surface area contributed by atoms with E-state index in [-0.39, 0.29) is 22.6 Å². The Balaban J connectivity index is 3.90. The van der Waals surface area contributed by atoms with Gasteiger partial charge in [-0.25, -0.2) is 0 Å².